The fraction of sp³-hybridized carbons (Fsp3) is 0.273. The van der Waals surface area contributed by atoms with E-state index in [-0.39, 0.29) is 11.2 Å². The van der Waals surface area contributed by atoms with Crippen LogP contribution in [0.4, 0.5) is 0 Å². The Hall–Kier alpha value is -1.29. The number of carbonyl (C=O) groups is 1. The second-order valence-electron chi connectivity index (χ2n) is 3.59. The number of hydrogen-bond acceptors (Lipinski definition) is 3. The molecule has 1 amide bonds. The van der Waals surface area contributed by atoms with Crippen LogP contribution in [0.1, 0.15) is 11.1 Å². The number of amidine groups is 1. The zero-order valence-electron chi connectivity index (χ0n) is 8.43. The molecule has 0 bridgehead atoms. The predicted molar refractivity (Wildman–Crippen MR) is 62.9 cm³/mol. The van der Waals surface area contributed by atoms with Crippen molar-refractivity contribution in [1.29, 1.82) is 0 Å². The number of nitrogens with zero attached hydrogens (tertiary/aromatic N) is 1. The van der Waals surface area contributed by atoms with Gasteiger partial charge in [0.25, 0.3) is 5.91 Å². The molecule has 1 aliphatic heterocycles. The molecule has 0 spiro atoms. The van der Waals surface area contributed by atoms with Crippen molar-refractivity contribution in [2.75, 3.05) is 0 Å². The van der Waals surface area contributed by atoms with Gasteiger partial charge in [0.15, 0.2) is 5.17 Å². The van der Waals surface area contributed by atoms with Crippen LogP contribution >= 0.6 is 11.8 Å². The fourth-order valence-electron chi connectivity index (χ4n) is 1.59. The van der Waals surface area contributed by atoms with E-state index in [1.807, 2.05) is 25.1 Å². The largest absolute Gasteiger partial charge is 0.378 e. The van der Waals surface area contributed by atoms with Gasteiger partial charge in [-0.15, -0.1) is 0 Å². The first-order chi connectivity index (χ1) is 7.15. The SMILES string of the molecule is Cc1cccc(C[C@H]2SC(N)=NC2=O)c1. The average Bonchev–Trinajstić information content (AvgIpc) is 2.45. The number of carbonyl (C=O) groups excluding carboxylic acids is 1. The lowest BCUT2D eigenvalue weighted by Gasteiger charge is -2.06. The lowest BCUT2D eigenvalue weighted by molar-refractivity contribution is -0.117. The number of rotatable bonds is 2. The number of nitrogens with two attached hydrogens (primary N) is 1. The molecule has 1 aromatic carbocycles. The highest BCUT2D eigenvalue weighted by molar-refractivity contribution is 8.15. The number of thioether (sulfide) groups is 1. The van der Waals surface area contributed by atoms with Crippen LogP contribution in [0.5, 0.6) is 0 Å². The summed E-state index contributed by atoms with van der Waals surface area (Å²) in [5.74, 6) is -0.112. The van der Waals surface area contributed by atoms with Crippen LogP contribution in [-0.4, -0.2) is 16.3 Å². The zero-order valence-corrected chi connectivity index (χ0v) is 9.25. The molecular formula is C11H12N2OS. The molecule has 0 aromatic heterocycles. The van der Waals surface area contributed by atoms with Crippen LogP contribution in [0.15, 0.2) is 29.3 Å². The molecule has 1 heterocycles. The van der Waals surface area contributed by atoms with Crippen molar-refractivity contribution in [2.24, 2.45) is 10.7 Å². The molecule has 0 radical (unpaired) electrons. The standard InChI is InChI=1S/C11H12N2OS/c1-7-3-2-4-8(5-7)6-9-10(14)13-11(12)15-9/h2-5,9H,6H2,1H3,(H2,12,13,14)/t9-/m1/s1. The van der Waals surface area contributed by atoms with Crippen molar-refractivity contribution in [1.82, 2.24) is 0 Å². The Morgan fingerprint density at radius 2 is 2.33 bits per heavy atom. The maximum absolute atomic E-state index is 11.4. The maximum Gasteiger partial charge on any atom is 0.261 e. The molecule has 4 heteroatoms. The molecule has 15 heavy (non-hydrogen) atoms. The van der Waals surface area contributed by atoms with Gasteiger partial charge in [-0.25, -0.2) is 0 Å². The molecule has 78 valence electrons. The van der Waals surface area contributed by atoms with Gasteiger partial charge in [0.2, 0.25) is 0 Å². The third kappa shape index (κ3) is 2.39. The van der Waals surface area contributed by atoms with Crippen molar-refractivity contribution in [3.63, 3.8) is 0 Å². The summed E-state index contributed by atoms with van der Waals surface area (Å²) < 4.78 is 0. The third-order valence-corrected chi connectivity index (χ3v) is 3.25. The summed E-state index contributed by atoms with van der Waals surface area (Å²) in [6.07, 6.45) is 0.704. The Bertz CT molecular complexity index is 428. The van der Waals surface area contributed by atoms with E-state index in [1.165, 1.54) is 17.3 Å². The van der Waals surface area contributed by atoms with Crippen LogP contribution in [0.25, 0.3) is 0 Å². The summed E-state index contributed by atoms with van der Waals surface area (Å²) in [6, 6.07) is 8.15. The minimum atomic E-state index is -0.133. The van der Waals surface area contributed by atoms with E-state index in [9.17, 15) is 4.79 Å². The third-order valence-electron chi connectivity index (χ3n) is 2.26. The van der Waals surface area contributed by atoms with Gasteiger partial charge in [0.1, 0.15) is 0 Å². The predicted octanol–water partition coefficient (Wildman–Crippen LogP) is 1.49. The molecule has 0 saturated heterocycles. The van der Waals surface area contributed by atoms with E-state index in [2.05, 4.69) is 11.1 Å². The Balaban J connectivity index is 2.08. The number of amides is 1. The zero-order chi connectivity index (χ0) is 10.8. The highest BCUT2D eigenvalue weighted by Gasteiger charge is 2.26. The van der Waals surface area contributed by atoms with Gasteiger partial charge in [-0.1, -0.05) is 41.6 Å². The molecule has 0 unspecified atom stereocenters. The van der Waals surface area contributed by atoms with E-state index < -0.39 is 0 Å². The summed E-state index contributed by atoms with van der Waals surface area (Å²) in [7, 11) is 0. The van der Waals surface area contributed by atoms with Crippen LogP contribution in [0.2, 0.25) is 0 Å². The van der Waals surface area contributed by atoms with E-state index in [1.54, 1.807) is 0 Å². The van der Waals surface area contributed by atoms with E-state index in [0.717, 1.165) is 5.56 Å². The second-order valence-corrected chi connectivity index (χ2v) is 4.81. The van der Waals surface area contributed by atoms with Gasteiger partial charge < -0.3 is 5.73 Å². The van der Waals surface area contributed by atoms with Crippen molar-refractivity contribution in [3.05, 3.63) is 35.4 Å². The van der Waals surface area contributed by atoms with Crippen LogP contribution in [-0.2, 0) is 11.2 Å². The van der Waals surface area contributed by atoms with Crippen LogP contribution in [0.3, 0.4) is 0 Å². The lowest BCUT2D eigenvalue weighted by Crippen LogP contribution is -2.14. The van der Waals surface area contributed by atoms with Gasteiger partial charge in [-0.05, 0) is 18.9 Å². The molecule has 0 fully saturated rings. The molecule has 1 aromatic rings. The summed E-state index contributed by atoms with van der Waals surface area (Å²) in [5, 5.41) is 0.254. The Kier molecular flexibility index (Phi) is 2.77. The molecule has 2 N–H and O–H groups in total. The number of benzene rings is 1. The first-order valence-corrected chi connectivity index (χ1v) is 5.63. The van der Waals surface area contributed by atoms with Crippen LogP contribution < -0.4 is 5.73 Å². The Morgan fingerprint density at radius 3 is 2.93 bits per heavy atom. The first kappa shape index (κ1) is 10.2. The van der Waals surface area contributed by atoms with Crippen molar-refractivity contribution in [3.8, 4) is 0 Å². The average molecular weight is 220 g/mol. The van der Waals surface area contributed by atoms with E-state index >= 15 is 0 Å². The number of hydrogen-bond donors (Lipinski definition) is 1. The minimum Gasteiger partial charge on any atom is -0.378 e. The van der Waals surface area contributed by atoms with Gasteiger partial charge in [-0.2, -0.15) is 4.99 Å². The van der Waals surface area contributed by atoms with Gasteiger partial charge in [0, 0.05) is 0 Å². The normalized spacial score (nSPS) is 20.5. The Morgan fingerprint density at radius 1 is 1.53 bits per heavy atom. The minimum absolute atomic E-state index is 0.112. The monoisotopic (exact) mass is 220 g/mol. The van der Waals surface area contributed by atoms with Gasteiger partial charge >= 0.3 is 0 Å². The molecule has 0 saturated carbocycles. The molecule has 2 rings (SSSR count). The quantitative estimate of drug-likeness (QED) is 0.821. The molecule has 3 nitrogen and oxygen atoms in total. The molecule has 0 aliphatic carbocycles. The fourth-order valence-corrected chi connectivity index (χ4v) is 2.45. The van der Waals surface area contributed by atoms with Gasteiger partial charge in [0.05, 0.1) is 5.25 Å². The van der Waals surface area contributed by atoms with E-state index in [0.29, 0.717) is 11.6 Å². The van der Waals surface area contributed by atoms with Gasteiger partial charge in [-0.3, -0.25) is 4.79 Å². The highest BCUT2D eigenvalue weighted by atomic mass is 32.2. The van der Waals surface area contributed by atoms with Crippen LogP contribution in [0, 0.1) is 6.92 Å². The van der Waals surface area contributed by atoms with Crippen molar-refractivity contribution < 1.29 is 4.79 Å². The second kappa shape index (κ2) is 4.06. The summed E-state index contributed by atoms with van der Waals surface area (Å²) >= 11 is 1.35. The number of aryl methyl sites for hydroxylation is 1. The molecular weight excluding hydrogens is 208 g/mol. The Labute approximate surface area is 92.8 Å². The lowest BCUT2D eigenvalue weighted by atomic mass is 10.1. The van der Waals surface area contributed by atoms with Crippen molar-refractivity contribution >= 4 is 22.8 Å². The number of aliphatic imine (C=N–C) groups is 1. The van der Waals surface area contributed by atoms with E-state index in [4.69, 9.17) is 5.73 Å². The molecule has 1 atom stereocenters. The summed E-state index contributed by atoms with van der Waals surface area (Å²) in [4.78, 5) is 15.1. The molecule has 1 aliphatic rings. The first-order valence-electron chi connectivity index (χ1n) is 4.75. The topological polar surface area (TPSA) is 55.4 Å². The van der Waals surface area contributed by atoms with Crippen molar-refractivity contribution in [2.45, 2.75) is 18.6 Å². The summed E-state index contributed by atoms with van der Waals surface area (Å²) in [5.41, 5.74) is 7.85. The smallest absolute Gasteiger partial charge is 0.261 e. The highest BCUT2D eigenvalue weighted by Crippen LogP contribution is 2.23. The maximum atomic E-state index is 11.4. The summed E-state index contributed by atoms with van der Waals surface area (Å²) in [6.45, 7) is 2.04.